The van der Waals surface area contributed by atoms with Crippen molar-refractivity contribution in [3.8, 4) is 0 Å². The van der Waals surface area contributed by atoms with Crippen LogP contribution in [0.4, 0.5) is 16.5 Å². The van der Waals surface area contributed by atoms with Crippen LogP contribution in [0.2, 0.25) is 0 Å². The van der Waals surface area contributed by atoms with Crippen LogP contribution in [0.5, 0.6) is 0 Å². The van der Waals surface area contributed by atoms with E-state index in [4.69, 9.17) is 4.74 Å². The Kier molecular flexibility index (Phi) is 7.94. The average Bonchev–Trinajstić information content (AvgIpc) is 3.14. The number of thiazole rings is 1. The van der Waals surface area contributed by atoms with Crippen LogP contribution in [-0.2, 0) is 11.3 Å². The van der Waals surface area contributed by atoms with Gasteiger partial charge in [0.15, 0.2) is 5.13 Å². The van der Waals surface area contributed by atoms with Gasteiger partial charge < -0.3 is 10.1 Å². The van der Waals surface area contributed by atoms with E-state index in [1.807, 2.05) is 5.38 Å². The van der Waals surface area contributed by atoms with E-state index >= 15 is 0 Å². The molecule has 0 radical (unpaired) electrons. The number of hydrogen-bond acceptors (Lipinski definition) is 8. The van der Waals surface area contributed by atoms with E-state index < -0.39 is 10.8 Å². The minimum atomic E-state index is -0.506. The Hall–Kier alpha value is -2.56. The zero-order chi connectivity index (χ0) is 22.4. The number of amides is 1. The van der Waals surface area contributed by atoms with Crippen molar-refractivity contribution < 1.29 is 14.5 Å². The first-order valence-corrected chi connectivity index (χ1v) is 11.2. The number of nitrogens with zero attached hydrogens (tertiary/aromatic N) is 3. The second-order valence-corrected chi connectivity index (χ2v) is 9.00. The molecule has 31 heavy (non-hydrogen) atoms. The second-order valence-electron chi connectivity index (χ2n) is 8.15. The Morgan fingerprint density at radius 1 is 1.35 bits per heavy atom. The molecule has 0 bridgehead atoms. The molecule has 2 unspecified atom stereocenters. The monoisotopic (exact) mass is 447 g/mol. The van der Waals surface area contributed by atoms with E-state index in [2.05, 4.69) is 34.4 Å². The Morgan fingerprint density at radius 3 is 2.77 bits per heavy atom. The van der Waals surface area contributed by atoms with E-state index in [9.17, 15) is 14.9 Å². The molecular formula is C21H29N5O4S. The second kappa shape index (κ2) is 10.7. The predicted molar refractivity (Wildman–Crippen MR) is 122 cm³/mol. The number of carbonyl (C=O) groups is 1. The lowest BCUT2D eigenvalue weighted by molar-refractivity contribution is -0.384. The molecule has 1 aliphatic rings. The topological polar surface area (TPSA) is 110 Å². The number of piperidine rings is 1. The summed E-state index contributed by atoms with van der Waals surface area (Å²) in [5.41, 5.74) is 1.32. The van der Waals surface area contributed by atoms with E-state index in [0.717, 1.165) is 25.3 Å². The lowest BCUT2D eigenvalue weighted by Crippen LogP contribution is -2.38. The molecular weight excluding hydrogens is 418 g/mol. The maximum absolute atomic E-state index is 12.6. The van der Waals surface area contributed by atoms with Crippen LogP contribution in [0.15, 0.2) is 23.6 Å². The number of benzene rings is 1. The molecule has 1 aromatic carbocycles. The van der Waals surface area contributed by atoms with Gasteiger partial charge in [-0.05, 0) is 30.4 Å². The molecule has 9 nitrogen and oxygen atoms in total. The average molecular weight is 448 g/mol. The third-order valence-corrected chi connectivity index (χ3v) is 5.99. The van der Waals surface area contributed by atoms with Crippen molar-refractivity contribution in [2.75, 3.05) is 44.0 Å². The summed E-state index contributed by atoms with van der Waals surface area (Å²) in [6.45, 7) is 8.25. The van der Waals surface area contributed by atoms with Crippen molar-refractivity contribution >= 4 is 33.8 Å². The van der Waals surface area contributed by atoms with E-state index in [1.165, 1.54) is 29.9 Å². The molecule has 168 valence electrons. The maximum Gasteiger partial charge on any atom is 0.293 e. The van der Waals surface area contributed by atoms with Gasteiger partial charge in [0.25, 0.3) is 11.6 Å². The fraction of sp³-hybridized carbons (Fsp3) is 0.524. The van der Waals surface area contributed by atoms with Crippen LogP contribution in [-0.4, -0.2) is 54.1 Å². The van der Waals surface area contributed by atoms with Crippen LogP contribution < -0.4 is 10.6 Å². The summed E-state index contributed by atoms with van der Waals surface area (Å²) in [5.74, 6) is 0.918. The number of nitro benzene ring substituents is 1. The SMILES string of the molecule is COCCNc1ccc(C(=O)Nc2nc(CN3CC(C)CC(C)C3)cs2)cc1[N+](=O)[O-]. The predicted octanol–water partition coefficient (Wildman–Crippen LogP) is 3.84. The van der Waals surface area contributed by atoms with Crippen LogP contribution in [0.25, 0.3) is 0 Å². The number of aromatic nitrogens is 1. The van der Waals surface area contributed by atoms with Gasteiger partial charge in [-0.1, -0.05) is 13.8 Å². The molecule has 1 aliphatic heterocycles. The zero-order valence-electron chi connectivity index (χ0n) is 18.1. The molecule has 10 heteroatoms. The van der Waals surface area contributed by atoms with Crippen LogP contribution in [0.3, 0.4) is 0 Å². The minimum absolute atomic E-state index is 0.156. The first-order chi connectivity index (χ1) is 14.9. The Labute approximate surface area is 186 Å². The fourth-order valence-electron chi connectivity index (χ4n) is 4.02. The van der Waals surface area contributed by atoms with Crippen molar-refractivity contribution in [2.24, 2.45) is 11.8 Å². The normalized spacial score (nSPS) is 19.2. The van der Waals surface area contributed by atoms with Crippen molar-refractivity contribution in [1.29, 1.82) is 0 Å². The first kappa shape index (κ1) is 23.1. The van der Waals surface area contributed by atoms with E-state index in [1.54, 1.807) is 13.2 Å². The van der Waals surface area contributed by atoms with Gasteiger partial charge in [-0.25, -0.2) is 4.98 Å². The van der Waals surface area contributed by atoms with Gasteiger partial charge in [-0.15, -0.1) is 11.3 Å². The number of rotatable bonds is 9. The smallest absolute Gasteiger partial charge is 0.293 e. The Bertz CT molecular complexity index is 909. The highest BCUT2D eigenvalue weighted by atomic mass is 32.1. The lowest BCUT2D eigenvalue weighted by atomic mass is 9.92. The van der Waals surface area contributed by atoms with Crippen molar-refractivity contribution in [3.05, 3.63) is 45.0 Å². The third-order valence-electron chi connectivity index (χ3n) is 5.18. The first-order valence-electron chi connectivity index (χ1n) is 10.3. The molecule has 2 aromatic rings. The summed E-state index contributed by atoms with van der Waals surface area (Å²) >= 11 is 1.36. The van der Waals surface area contributed by atoms with Gasteiger partial charge >= 0.3 is 0 Å². The van der Waals surface area contributed by atoms with E-state index in [-0.39, 0.29) is 11.3 Å². The number of ether oxygens (including phenoxy) is 1. The highest BCUT2D eigenvalue weighted by molar-refractivity contribution is 7.14. The zero-order valence-corrected chi connectivity index (χ0v) is 18.9. The summed E-state index contributed by atoms with van der Waals surface area (Å²) in [4.78, 5) is 30.5. The molecule has 1 saturated heterocycles. The highest BCUT2D eigenvalue weighted by Crippen LogP contribution is 2.27. The van der Waals surface area contributed by atoms with Gasteiger partial charge in [-0.3, -0.25) is 25.1 Å². The fourth-order valence-corrected chi connectivity index (χ4v) is 4.71. The summed E-state index contributed by atoms with van der Waals surface area (Å²) in [7, 11) is 1.56. The summed E-state index contributed by atoms with van der Waals surface area (Å²) < 4.78 is 4.95. The molecule has 3 rings (SSSR count). The molecule has 0 saturated carbocycles. The number of hydrogen-bond donors (Lipinski definition) is 2. The Morgan fingerprint density at radius 2 is 2.10 bits per heavy atom. The van der Waals surface area contributed by atoms with Crippen molar-refractivity contribution in [2.45, 2.75) is 26.8 Å². The van der Waals surface area contributed by atoms with Gasteiger partial charge in [0.05, 0.1) is 17.2 Å². The number of methoxy groups -OCH3 is 1. The van der Waals surface area contributed by atoms with Crippen molar-refractivity contribution in [3.63, 3.8) is 0 Å². The standard InChI is InChI=1S/C21H29N5O4S/c1-14-8-15(2)11-25(10-14)12-17-13-31-21(23-17)24-20(27)16-4-5-18(22-6-7-30-3)19(9-16)26(28)29/h4-5,9,13-15,22H,6-8,10-12H2,1-3H3,(H,23,24,27). The molecule has 1 fully saturated rings. The van der Waals surface area contributed by atoms with Crippen LogP contribution >= 0.6 is 11.3 Å². The largest absolute Gasteiger partial charge is 0.383 e. The number of nitrogens with one attached hydrogen (secondary N) is 2. The molecule has 2 heterocycles. The summed E-state index contributed by atoms with van der Waals surface area (Å²) in [5, 5.41) is 19.6. The van der Waals surface area contributed by atoms with Gasteiger partial charge in [0.1, 0.15) is 5.69 Å². The molecule has 2 atom stereocenters. The van der Waals surface area contributed by atoms with Gasteiger partial charge in [0.2, 0.25) is 0 Å². The lowest BCUT2D eigenvalue weighted by Gasteiger charge is -2.34. The van der Waals surface area contributed by atoms with Gasteiger partial charge in [-0.2, -0.15) is 0 Å². The number of carbonyl (C=O) groups excluding carboxylic acids is 1. The third kappa shape index (κ3) is 6.46. The van der Waals surface area contributed by atoms with Crippen LogP contribution in [0, 0.1) is 22.0 Å². The molecule has 2 N–H and O–H groups in total. The number of nitro groups is 1. The number of anilines is 2. The van der Waals surface area contributed by atoms with Gasteiger partial charge in [0, 0.05) is 50.3 Å². The highest BCUT2D eigenvalue weighted by Gasteiger charge is 2.23. The molecule has 1 aromatic heterocycles. The summed E-state index contributed by atoms with van der Waals surface area (Å²) in [6.07, 6.45) is 1.25. The van der Waals surface area contributed by atoms with Crippen molar-refractivity contribution in [1.82, 2.24) is 9.88 Å². The van der Waals surface area contributed by atoms with Crippen LogP contribution in [0.1, 0.15) is 36.3 Å². The quantitative estimate of drug-likeness (QED) is 0.341. The van der Waals surface area contributed by atoms with E-state index in [0.29, 0.717) is 35.8 Å². The maximum atomic E-state index is 12.6. The Balaban J connectivity index is 1.63. The summed E-state index contributed by atoms with van der Waals surface area (Å²) in [6, 6.07) is 4.37. The minimum Gasteiger partial charge on any atom is -0.383 e. The number of likely N-dealkylation sites (tertiary alicyclic amines) is 1. The molecule has 1 amide bonds. The molecule has 0 spiro atoms. The molecule has 0 aliphatic carbocycles.